The topological polar surface area (TPSA) is 43.4 Å². The van der Waals surface area contributed by atoms with Crippen molar-refractivity contribution in [1.82, 2.24) is 4.98 Å². The minimum atomic E-state index is 0.526. The molecule has 1 aromatic carbocycles. The van der Waals surface area contributed by atoms with Crippen molar-refractivity contribution in [2.24, 2.45) is 0 Å². The molecule has 6 heteroatoms. The van der Waals surface area contributed by atoms with Crippen LogP contribution < -0.4 is 14.8 Å². The summed E-state index contributed by atoms with van der Waals surface area (Å²) in [5.74, 6) is 1.25. The lowest BCUT2D eigenvalue weighted by molar-refractivity contribution is 0.395. The third-order valence-electron chi connectivity index (χ3n) is 2.71. The summed E-state index contributed by atoms with van der Waals surface area (Å²) in [4.78, 5) is 4.36. The summed E-state index contributed by atoms with van der Waals surface area (Å²) in [5.41, 5.74) is 1.70. The number of benzene rings is 1. The smallest absolute Gasteiger partial charge is 0.145 e. The molecule has 0 saturated heterocycles. The number of ether oxygens (including phenoxy) is 2. The van der Waals surface area contributed by atoms with Crippen LogP contribution in [0.2, 0.25) is 5.02 Å². The van der Waals surface area contributed by atoms with Crippen LogP contribution in [0, 0.1) is 0 Å². The Bertz CT molecular complexity index is 608. The minimum Gasteiger partial charge on any atom is -0.495 e. The van der Waals surface area contributed by atoms with Gasteiger partial charge in [0, 0.05) is 6.07 Å². The van der Waals surface area contributed by atoms with Crippen LogP contribution in [-0.2, 0) is 6.54 Å². The number of pyridine rings is 1. The van der Waals surface area contributed by atoms with Crippen LogP contribution in [0.1, 0.15) is 5.69 Å². The SMILES string of the molecule is COc1cc(OC)c(NCc2cccc(Br)n2)cc1Cl. The van der Waals surface area contributed by atoms with E-state index in [1.807, 2.05) is 18.2 Å². The summed E-state index contributed by atoms with van der Waals surface area (Å²) < 4.78 is 11.3. The number of nitrogens with zero attached hydrogens (tertiary/aromatic N) is 1. The first-order chi connectivity index (χ1) is 9.63. The lowest BCUT2D eigenvalue weighted by atomic mass is 10.2. The van der Waals surface area contributed by atoms with E-state index in [9.17, 15) is 0 Å². The normalized spacial score (nSPS) is 10.2. The highest BCUT2D eigenvalue weighted by Gasteiger charge is 2.09. The predicted octanol–water partition coefficient (Wildman–Crippen LogP) is 4.13. The second-order valence-corrected chi connectivity index (χ2v) is 5.21. The largest absolute Gasteiger partial charge is 0.495 e. The Labute approximate surface area is 131 Å². The van der Waals surface area contributed by atoms with Gasteiger partial charge in [-0.2, -0.15) is 0 Å². The van der Waals surface area contributed by atoms with Gasteiger partial charge in [0.1, 0.15) is 16.1 Å². The van der Waals surface area contributed by atoms with Crippen molar-refractivity contribution in [3.8, 4) is 11.5 Å². The Hall–Kier alpha value is -1.46. The van der Waals surface area contributed by atoms with Crippen molar-refractivity contribution in [1.29, 1.82) is 0 Å². The first-order valence-electron chi connectivity index (χ1n) is 5.91. The zero-order valence-corrected chi connectivity index (χ0v) is 13.5. The number of halogens is 2. The zero-order chi connectivity index (χ0) is 14.5. The van der Waals surface area contributed by atoms with Gasteiger partial charge in [-0.3, -0.25) is 0 Å². The average Bonchev–Trinajstić information content (AvgIpc) is 2.45. The lowest BCUT2D eigenvalue weighted by Crippen LogP contribution is -2.03. The number of nitrogens with one attached hydrogen (secondary N) is 1. The number of anilines is 1. The van der Waals surface area contributed by atoms with E-state index < -0.39 is 0 Å². The second kappa shape index (κ2) is 6.81. The molecule has 0 bridgehead atoms. The molecular weight excluding hydrogens is 344 g/mol. The molecule has 20 heavy (non-hydrogen) atoms. The van der Waals surface area contributed by atoms with Gasteiger partial charge in [0.25, 0.3) is 0 Å². The van der Waals surface area contributed by atoms with Crippen LogP contribution in [-0.4, -0.2) is 19.2 Å². The maximum Gasteiger partial charge on any atom is 0.145 e. The van der Waals surface area contributed by atoms with E-state index in [4.69, 9.17) is 21.1 Å². The van der Waals surface area contributed by atoms with E-state index in [1.54, 1.807) is 26.4 Å². The lowest BCUT2D eigenvalue weighted by Gasteiger charge is -2.13. The summed E-state index contributed by atoms with van der Waals surface area (Å²) in [6.45, 7) is 0.568. The number of methoxy groups -OCH3 is 2. The Morgan fingerprint density at radius 3 is 2.60 bits per heavy atom. The van der Waals surface area contributed by atoms with Gasteiger partial charge in [0.05, 0.1) is 37.2 Å². The van der Waals surface area contributed by atoms with Gasteiger partial charge < -0.3 is 14.8 Å². The molecule has 4 nitrogen and oxygen atoms in total. The van der Waals surface area contributed by atoms with Crippen LogP contribution in [0.25, 0.3) is 0 Å². The minimum absolute atomic E-state index is 0.526. The molecule has 1 heterocycles. The Balaban J connectivity index is 2.18. The third kappa shape index (κ3) is 3.55. The quantitative estimate of drug-likeness (QED) is 0.817. The standard InChI is InChI=1S/C14H14BrClN2O2/c1-19-12-7-13(20-2)11(6-10(12)16)17-8-9-4-3-5-14(15)18-9/h3-7,17H,8H2,1-2H3. The van der Waals surface area contributed by atoms with Crippen LogP contribution in [0.3, 0.4) is 0 Å². The molecule has 2 aromatic rings. The summed E-state index contributed by atoms with van der Waals surface area (Å²) in [7, 11) is 3.17. The molecule has 1 aromatic heterocycles. The highest BCUT2D eigenvalue weighted by molar-refractivity contribution is 9.10. The summed E-state index contributed by atoms with van der Waals surface area (Å²) in [6, 6.07) is 9.28. The fraction of sp³-hybridized carbons (Fsp3) is 0.214. The predicted molar refractivity (Wildman–Crippen MR) is 83.8 cm³/mol. The zero-order valence-electron chi connectivity index (χ0n) is 11.1. The van der Waals surface area contributed by atoms with Gasteiger partial charge in [0.2, 0.25) is 0 Å². The number of hydrogen-bond donors (Lipinski definition) is 1. The van der Waals surface area contributed by atoms with Crippen molar-refractivity contribution in [2.75, 3.05) is 19.5 Å². The van der Waals surface area contributed by atoms with Crippen molar-refractivity contribution in [3.63, 3.8) is 0 Å². The number of hydrogen-bond acceptors (Lipinski definition) is 4. The van der Waals surface area contributed by atoms with Crippen molar-refractivity contribution in [3.05, 3.63) is 45.7 Å². The van der Waals surface area contributed by atoms with Gasteiger partial charge in [-0.15, -0.1) is 0 Å². The first-order valence-corrected chi connectivity index (χ1v) is 7.08. The van der Waals surface area contributed by atoms with E-state index in [1.165, 1.54) is 0 Å². The van der Waals surface area contributed by atoms with Gasteiger partial charge in [-0.1, -0.05) is 17.7 Å². The molecule has 0 atom stereocenters. The van der Waals surface area contributed by atoms with Gasteiger partial charge in [0.15, 0.2) is 0 Å². The third-order valence-corrected chi connectivity index (χ3v) is 3.44. The van der Waals surface area contributed by atoms with Crippen molar-refractivity contribution in [2.45, 2.75) is 6.54 Å². The summed E-state index contributed by atoms with van der Waals surface area (Å²) in [5, 5.41) is 3.78. The Morgan fingerprint density at radius 2 is 1.95 bits per heavy atom. The van der Waals surface area contributed by atoms with Crippen LogP contribution in [0.4, 0.5) is 5.69 Å². The molecular formula is C14H14BrClN2O2. The molecule has 0 spiro atoms. The highest BCUT2D eigenvalue weighted by atomic mass is 79.9. The molecule has 2 rings (SSSR count). The van der Waals surface area contributed by atoms with E-state index in [0.29, 0.717) is 23.1 Å². The van der Waals surface area contributed by atoms with Gasteiger partial charge >= 0.3 is 0 Å². The number of rotatable bonds is 5. The monoisotopic (exact) mass is 356 g/mol. The molecule has 0 amide bonds. The van der Waals surface area contributed by atoms with Gasteiger partial charge in [-0.25, -0.2) is 4.98 Å². The van der Waals surface area contributed by atoms with E-state index in [2.05, 4.69) is 26.2 Å². The maximum atomic E-state index is 6.12. The fourth-order valence-electron chi connectivity index (χ4n) is 1.73. The molecule has 0 saturated carbocycles. The first kappa shape index (κ1) is 14.9. The van der Waals surface area contributed by atoms with E-state index >= 15 is 0 Å². The van der Waals surface area contributed by atoms with E-state index in [-0.39, 0.29) is 0 Å². The summed E-state index contributed by atoms with van der Waals surface area (Å²) in [6.07, 6.45) is 0. The molecule has 1 N–H and O–H groups in total. The Kier molecular flexibility index (Phi) is 5.09. The molecule has 0 radical (unpaired) electrons. The van der Waals surface area contributed by atoms with Gasteiger partial charge in [-0.05, 0) is 34.1 Å². The Morgan fingerprint density at radius 1 is 1.20 bits per heavy atom. The maximum absolute atomic E-state index is 6.12. The molecule has 0 fully saturated rings. The van der Waals surface area contributed by atoms with E-state index in [0.717, 1.165) is 16.0 Å². The molecule has 0 aliphatic rings. The molecule has 0 unspecified atom stereocenters. The van der Waals surface area contributed by atoms with Crippen molar-refractivity contribution >= 4 is 33.2 Å². The van der Waals surface area contributed by atoms with Crippen LogP contribution in [0.15, 0.2) is 34.9 Å². The van der Waals surface area contributed by atoms with Crippen LogP contribution >= 0.6 is 27.5 Å². The van der Waals surface area contributed by atoms with Crippen molar-refractivity contribution < 1.29 is 9.47 Å². The van der Waals surface area contributed by atoms with Crippen LogP contribution in [0.5, 0.6) is 11.5 Å². The second-order valence-electron chi connectivity index (χ2n) is 3.99. The summed E-state index contributed by atoms with van der Waals surface area (Å²) >= 11 is 9.47. The average molecular weight is 358 g/mol. The number of aromatic nitrogens is 1. The molecule has 0 aliphatic heterocycles. The molecule has 106 valence electrons. The highest BCUT2D eigenvalue weighted by Crippen LogP contribution is 2.36. The molecule has 0 aliphatic carbocycles. The fourth-order valence-corrected chi connectivity index (χ4v) is 2.35.